The van der Waals surface area contributed by atoms with Crippen molar-refractivity contribution in [2.24, 2.45) is 0 Å². The number of benzene rings is 1. The number of hydrogen-bond acceptors (Lipinski definition) is 4. The fourth-order valence-corrected chi connectivity index (χ4v) is 2.89. The van der Waals surface area contributed by atoms with Crippen LogP contribution in [0, 0.1) is 0 Å². The Kier molecular flexibility index (Phi) is 5.80. The van der Waals surface area contributed by atoms with Crippen LogP contribution in [0.15, 0.2) is 18.2 Å². The highest BCUT2D eigenvalue weighted by atomic mass is 35.5. The summed E-state index contributed by atoms with van der Waals surface area (Å²) in [4.78, 5) is 27.1. The standard InChI is InChI=1S/C18H19Cl2NO4/c1-5-24-17(23)16-11(6-7-14(22)25-18(2,3)4)15-12(20)8-10(19)9-13(15)21-16/h6-9,21H,5H2,1-4H3/b7-6+. The quantitative estimate of drug-likeness (QED) is 0.595. The minimum absolute atomic E-state index is 0.195. The van der Waals surface area contributed by atoms with Crippen molar-refractivity contribution in [3.05, 3.63) is 39.5 Å². The van der Waals surface area contributed by atoms with Crippen LogP contribution >= 0.6 is 23.2 Å². The fraction of sp³-hybridized carbons (Fsp3) is 0.333. The molecule has 0 aliphatic carbocycles. The molecule has 0 spiro atoms. The van der Waals surface area contributed by atoms with Crippen molar-refractivity contribution in [3.8, 4) is 0 Å². The predicted molar refractivity (Wildman–Crippen MR) is 99.2 cm³/mol. The zero-order valence-electron chi connectivity index (χ0n) is 14.4. The van der Waals surface area contributed by atoms with Crippen molar-refractivity contribution in [2.45, 2.75) is 33.3 Å². The summed E-state index contributed by atoms with van der Waals surface area (Å²) in [6, 6.07) is 3.22. The SMILES string of the molecule is CCOC(=O)c1[nH]c2cc(Cl)cc(Cl)c2c1/C=C/C(=O)OC(C)(C)C. The number of carbonyl (C=O) groups is 2. The lowest BCUT2D eigenvalue weighted by Gasteiger charge is -2.17. The second kappa shape index (κ2) is 7.50. The molecule has 134 valence electrons. The molecule has 2 aromatic rings. The van der Waals surface area contributed by atoms with E-state index in [1.165, 1.54) is 12.2 Å². The molecule has 1 aromatic heterocycles. The van der Waals surface area contributed by atoms with E-state index in [0.717, 1.165) is 0 Å². The third kappa shape index (κ3) is 4.77. The van der Waals surface area contributed by atoms with Gasteiger partial charge in [-0.15, -0.1) is 0 Å². The van der Waals surface area contributed by atoms with E-state index in [9.17, 15) is 9.59 Å². The fourth-order valence-electron chi connectivity index (χ4n) is 2.29. The molecular formula is C18H19Cl2NO4. The van der Waals surface area contributed by atoms with Gasteiger partial charge >= 0.3 is 11.9 Å². The first kappa shape index (κ1) is 19.3. The molecule has 0 atom stereocenters. The Bertz CT molecular complexity index is 847. The molecule has 0 aliphatic heterocycles. The molecule has 5 nitrogen and oxygen atoms in total. The van der Waals surface area contributed by atoms with Gasteiger partial charge in [0.1, 0.15) is 11.3 Å². The maximum absolute atomic E-state index is 12.2. The number of nitrogens with one attached hydrogen (secondary N) is 1. The highest BCUT2D eigenvalue weighted by molar-refractivity contribution is 6.39. The second-order valence-electron chi connectivity index (χ2n) is 6.31. The summed E-state index contributed by atoms with van der Waals surface area (Å²) >= 11 is 12.3. The summed E-state index contributed by atoms with van der Waals surface area (Å²) in [5.74, 6) is -1.07. The summed E-state index contributed by atoms with van der Waals surface area (Å²) < 4.78 is 10.3. The van der Waals surface area contributed by atoms with Crippen LogP contribution in [0.25, 0.3) is 17.0 Å². The highest BCUT2D eigenvalue weighted by Crippen LogP contribution is 2.33. The van der Waals surface area contributed by atoms with Gasteiger partial charge in [-0.3, -0.25) is 0 Å². The van der Waals surface area contributed by atoms with Crippen LogP contribution in [0.5, 0.6) is 0 Å². The zero-order valence-corrected chi connectivity index (χ0v) is 15.9. The first-order valence-corrected chi connectivity index (χ1v) is 8.47. The summed E-state index contributed by atoms with van der Waals surface area (Å²) in [5.41, 5.74) is 0.600. The van der Waals surface area contributed by atoms with E-state index >= 15 is 0 Å². The molecule has 0 saturated heterocycles. The van der Waals surface area contributed by atoms with Gasteiger partial charge in [-0.1, -0.05) is 23.2 Å². The topological polar surface area (TPSA) is 68.4 Å². The van der Waals surface area contributed by atoms with Crippen LogP contribution in [-0.4, -0.2) is 29.1 Å². The minimum atomic E-state index is -0.614. The Balaban J connectivity index is 2.53. The number of aromatic amines is 1. The first-order chi connectivity index (χ1) is 11.6. The van der Waals surface area contributed by atoms with Crippen molar-refractivity contribution in [1.82, 2.24) is 4.98 Å². The van der Waals surface area contributed by atoms with Gasteiger partial charge in [0.25, 0.3) is 0 Å². The highest BCUT2D eigenvalue weighted by Gasteiger charge is 2.20. The normalized spacial score (nSPS) is 11.9. The van der Waals surface area contributed by atoms with E-state index in [1.807, 2.05) is 0 Å². The van der Waals surface area contributed by atoms with Crippen molar-refractivity contribution in [2.75, 3.05) is 6.61 Å². The molecule has 0 amide bonds. The summed E-state index contributed by atoms with van der Waals surface area (Å²) in [5, 5.41) is 1.36. The van der Waals surface area contributed by atoms with Gasteiger partial charge in [-0.25, -0.2) is 9.59 Å². The van der Waals surface area contributed by atoms with Gasteiger partial charge in [0.2, 0.25) is 0 Å². The van der Waals surface area contributed by atoms with Gasteiger partial charge < -0.3 is 14.5 Å². The third-order valence-electron chi connectivity index (χ3n) is 3.13. The molecule has 2 rings (SSSR count). The lowest BCUT2D eigenvalue weighted by molar-refractivity contribution is -0.148. The van der Waals surface area contributed by atoms with Crippen molar-refractivity contribution < 1.29 is 19.1 Å². The summed E-state index contributed by atoms with van der Waals surface area (Å²) in [7, 11) is 0. The molecule has 7 heteroatoms. The second-order valence-corrected chi connectivity index (χ2v) is 7.15. The Morgan fingerprint density at radius 3 is 2.52 bits per heavy atom. The maximum Gasteiger partial charge on any atom is 0.355 e. The smallest absolute Gasteiger partial charge is 0.355 e. The number of fused-ring (bicyclic) bond motifs is 1. The number of rotatable bonds is 4. The maximum atomic E-state index is 12.2. The van der Waals surface area contributed by atoms with Gasteiger partial charge in [0.05, 0.1) is 11.6 Å². The molecular weight excluding hydrogens is 365 g/mol. The number of ether oxygens (including phenoxy) is 2. The van der Waals surface area contributed by atoms with Crippen LogP contribution in [0.3, 0.4) is 0 Å². The van der Waals surface area contributed by atoms with Crippen LogP contribution in [-0.2, 0) is 14.3 Å². The van der Waals surface area contributed by atoms with Gasteiger partial charge in [0.15, 0.2) is 0 Å². The van der Waals surface area contributed by atoms with Crippen molar-refractivity contribution >= 4 is 52.1 Å². The Morgan fingerprint density at radius 1 is 1.24 bits per heavy atom. The van der Waals surface area contributed by atoms with E-state index in [4.69, 9.17) is 32.7 Å². The van der Waals surface area contributed by atoms with Crippen LogP contribution in [0.4, 0.5) is 0 Å². The molecule has 0 aliphatic rings. The monoisotopic (exact) mass is 383 g/mol. The molecule has 0 bridgehead atoms. The molecule has 0 fully saturated rings. The molecule has 0 saturated carbocycles. The Labute approximate surface area is 155 Å². The number of esters is 2. The number of carbonyl (C=O) groups excluding carboxylic acids is 2. The van der Waals surface area contributed by atoms with Crippen LogP contribution in [0.2, 0.25) is 10.0 Å². The van der Waals surface area contributed by atoms with E-state index < -0.39 is 17.5 Å². The largest absolute Gasteiger partial charge is 0.461 e. The number of hydrogen-bond donors (Lipinski definition) is 1. The van der Waals surface area contributed by atoms with Gasteiger partial charge in [0, 0.05) is 27.6 Å². The lowest BCUT2D eigenvalue weighted by atomic mass is 10.1. The number of aromatic nitrogens is 1. The average molecular weight is 384 g/mol. The molecule has 1 heterocycles. The molecule has 1 N–H and O–H groups in total. The Morgan fingerprint density at radius 2 is 1.92 bits per heavy atom. The Hall–Kier alpha value is -1.98. The lowest BCUT2D eigenvalue weighted by Crippen LogP contribution is -2.22. The van der Waals surface area contributed by atoms with E-state index in [0.29, 0.717) is 26.5 Å². The predicted octanol–water partition coefficient (Wildman–Crippen LogP) is 5.01. The van der Waals surface area contributed by atoms with Crippen molar-refractivity contribution in [3.63, 3.8) is 0 Å². The van der Waals surface area contributed by atoms with E-state index in [1.54, 1.807) is 39.8 Å². The summed E-state index contributed by atoms with van der Waals surface area (Å²) in [6.07, 6.45) is 2.74. The van der Waals surface area contributed by atoms with Gasteiger partial charge in [-0.05, 0) is 45.9 Å². The first-order valence-electron chi connectivity index (χ1n) is 7.71. The zero-order chi connectivity index (χ0) is 18.8. The van der Waals surface area contributed by atoms with Crippen LogP contribution < -0.4 is 0 Å². The van der Waals surface area contributed by atoms with E-state index in [-0.39, 0.29) is 12.3 Å². The molecule has 0 unspecified atom stereocenters. The average Bonchev–Trinajstić information content (AvgIpc) is 2.82. The third-order valence-corrected chi connectivity index (χ3v) is 3.64. The van der Waals surface area contributed by atoms with Crippen LogP contribution in [0.1, 0.15) is 43.7 Å². The van der Waals surface area contributed by atoms with Crippen molar-refractivity contribution in [1.29, 1.82) is 0 Å². The number of H-pyrrole nitrogens is 1. The molecule has 1 aromatic carbocycles. The molecule has 0 radical (unpaired) electrons. The molecule has 25 heavy (non-hydrogen) atoms. The number of halogens is 2. The van der Waals surface area contributed by atoms with Gasteiger partial charge in [-0.2, -0.15) is 0 Å². The van der Waals surface area contributed by atoms with E-state index in [2.05, 4.69) is 4.98 Å². The summed E-state index contributed by atoms with van der Waals surface area (Å²) in [6.45, 7) is 7.24. The minimum Gasteiger partial charge on any atom is -0.461 e.